The molecule has 0 aromatic heterocycles. The summed E-state index contributed by atoms with van der Waals surface area (Å²) in [6, 6.07) is 15.9. The highest BCUT2D eigenvalue weighted by atomic mass is 79.9. The third-order valence-corrected chi connectivity index (χ3v) is 3.52. The quantitative estimate of drug-likeness (QED) is 0.821. The maximum atomic E-state index is 5.68. The summed E-state index contributed by atoms with van der Waals surface area (Å²) < 4.78 is 6.79. The van der Waals surface area contributed by atoms with Gasteiger partial charge < -0.3 is 10.5 Å². The molecule has 0 aliphatic rings. The molecule has 0 heterocycles. The predicted octanol–water partition coefficient (Wildman–Crippen LogP) is 3.54. The first-order chi connectivity index (χ1) is 9.63. The van der Waals surface area contributed by atoms with E-state index in [1.807, 2.05) is 24.3 Å². The number of likely N-dealkylation sites (N-methyl/N-ethyl adjacent to an activating group) is 1. The average molecular weight is 335 g/mol. The topological polar surface area (TPSA) is 38.5 Å². The standard InChI is InChI=1S/C16H19BrN2O/c1-19(12-13-2-4-14(17)5-3-13)10-11-20-16-8-6-15(18)7-9-16/h2-9H,10-12,18H2,1H3. The third-order valence-electron chi connectivity index (χ3n) is 2.99. The van der Waals surface area contributed by atoms with E-state index in [9.17, 15) is 0 Å². The second-order valence-corrected chi connectivity index (χ2v) is 5.70. The largest absolute Gasteiger partial charge is 0.492 e. The fourth-order valence-corrected chi connectivity index (χ4v) is 2.13. The van der Waals surface area contributed by atoms with E-state index in [1.165, 1.54) is 5.56 Å². The second-order valence-electron chi connectivity index (χ2n) is 4.78. The lowest BCUT2D eigenvalue weighted by Gasteiger charge is -2.17. The van der Waals surface area contributed by atoms with Crippen molar-refractivity contribution >= 4 is 21.6 Å². The molecular weight excluding hydrogens is 316 g/mol. The Balaban J connectivity index is 1.73. The zero-order chi connectivity index (χ0) is 14.4. The van der Waals surface area contributed by atoms with Crippen molar-refractivity contribution in [3.8, 4) is 5.75 Å². The summed E-state index contributed by atoms with van der Waals surface area (Å²) in [5.41, 5.74) is 7.68. The third kappa shape index (κ3) is 4.87. The van der Waals surface area contributed by atoms with Crippen molar-refractivity contribution in [2.75, 3.05) is 25.9 Å². The molecule has 0 aliphatic carbocycles. The van der Waals surface area contributed by atoms with Gasteiger partial charge >= 0.3 is 0 Å². The van der Waals surface area contributed by atoms with Crippen molar-refractivity contribution in [2.45, 2.75) is 6.54 Å². The summed E-state index contributed by atoms with van der Waals surface area (Å²) in [6.45, 7) is 2.45. The van der Waals surface area contributed by atoms with E-state index in [1.54, 1.807) is 0 Å². The van der Waals surface area contributed by atoms with Crippen LogP contribution in [-0.2, 0) is 6.54 Å². The number of anilines is 1. The van der Waals surface area contributed by atoms with Gasteiger partial charge in [0.2, 0.25) is 0 Å². The van der Waals surface area contributed by atoms with E-state index in [0.717, 1.165) is 29.0 Å². The summed E-state index contributed by atoms with van der Waals surface area (Å²) >= 11 is 3.44. The van der Waals surface area contributed by atoms with Crippen molar-refractivity contribution in [3.63, 3.8) is 0 Å². The van der Waals surface area contributed by atoms with Crippen molar-refractivity contribution in [3.05, 3.63) is 58.6 Å². The first-order valence-electron chi connectivity index (χ1n) is 6.55. The second kappa shape index (κ2) is 7.31. The van der Waals surface area contributed by atoms with Crippen LogP contribution in [0.5, 0.6) is 5.75 Å². The van der Waals surface area contributed by atoms with Gasteiger partial charge in [0.25, 0.3) is 0 Å². The molecule has 106 valence electrons. The number of ether oxygens (including phenoxy) is 1. The number of rotatable bonds is 6. The van der Waals surface area contributed by atoms with E-state index in [0.29, 0.717) is 6.61 Å². The Hall–Kier alpha value is -1.52. The van der Waals surface area contributed by atoms with Gasteiger partial charge in [0.1, 0.15) is 12.4 Å². The number of nitrogens with two attached hydrogens (primary N) is 1. The fourth-order valence-electron chi connectivity index (χ4n) is 1.86. The normalized spacial score (nSPS) is 10.8. The smallest absolute Gasteiger partial charge is 0.119 e. The highest BCUT2D eigenvalue weighted by Gasteiger charge is 2.01. The number of nitrogens with zero attached hydrogens (tertiary/aromatic N) is 1. The van der Waals surface area contributed by atoms with Gasteiger partial charge in [0.05, 0.1) is 0 Å². The van der Waals surface area contributed by atoms with E-state index >= 15 is 0 Å². The van der Waals surface area contributed by atoms with Crippen molar-refractivity contribution in [1.82, 2.24) is 4.90 Å². The molecule has 0 saturated heterocycles. The predicted molar refractivity (Wildman–Crippen MR) is 86.8 cm³/mol. The molecule has 2 rings (SSSR count). The van der Waals surface area contributed by atoms with Gasteiger partial charge in [-0.15, -0.1) is 0 Å². The van der Waals surface area contributed by atoms with Gasteiger partial charge in [0, 0.05) is 23.2 Å². The summed E-state index contributed by atoms with van der Waals surface area (Å²) in [5.74, 6) is 0.858. The molecule has 0 fully saturated rings. The van der Waals surface area contributed by atoms with Crippen LogP contribution in [0, 0.1) is 0 Å². The molecule has 0 saturated carbocycles. The molecule has 4 heteroatoms. The highest BCUT2D eigenvalue weighted by molar-refractivity contribution is 9.10. The zero-order valence-corrected chi connectivity index (χ0v) is 13.1. The monoisotopic (exact) mass is 334 g/mol. The van der Waals surface area contributed by atoms with Crippen molar-refractivity contribution in [1.29, 1.82) is 0 Å². The van der Waals surface area contributed by atoms with Crippen LogP contribution >= 0.6 is 15.9 Å². The number of benzene rings is 2. The Labute approximate surface area is 128 Å². The first kappa shape index (κ1) is 14.9. The minimum absolute atomic E-state index is 0.664. The minimum Gasteiger partial charge on any atom is -0.492 e. The molecule has 0 spiro atoms. The Kier molecular flexibility index (Phi) is 5.44. The summed E-state index contributed by atoms with van der Waals surface area (Å²) in [7, 11) is 2.09. The van der Waals surface area contributed by atoms with Crippen LogP contribution < -0.4 is 10.5 Å². The van der Waals surface area contributed by atoms with Gasteiger partial charge in [0.15, 0.2) is 0 Å². The number of halogens is 1. The minimum atomic E-state index is 0.664. The molecule has 0 aliphatic heterocycles. The fraction of sp³-hybridized carbons (Fsp3) is 0.250. The molecule has 0 bridgehead atoms. The molecule has 0 radical (unpaired) electrons. The van der Waals surface area contributed by atoms with Gasteiger partial charge in [-0.05, 0) is 49.0 Å². The Morgan fingerprint density at radius 1 is 1.05 bits per heavy atom. The highest BCUT2D eigenvalue weighted by Crippen LogP contribution is 2.14. The number of nitrogen functional groups attached to an aromatic ring is 1. The molecule has 20 heavy (non-hydrogen) atoms. The molecule has 2 N–H and O–H groups in total. The van der Waals surface area contributed by atoms with Crippen LogP contribution in [0.2, 0.25) is 0 Å². The van der Waals surface area contributed by atoms with Crippen LogP contribution in [0.3, 0.4) is 0 Å². The maximum Gasteiger partial charge on any atom is 0.119 e. The molecule has 0 atom stereocenters. The number of hydrogen-bond acceptors (Lipinski definition) is 3. The van der Waals surface area contributed by atoms with Crippen molar-refractivity contribution in [2.24, 2.45) is 0 Å². The van der Waals surface area contributed by atoms with Crippen LogP contribution in [0.1, 0.15) is 5.56 Å². The van der Waals surface area contributed by atoms with Gasteiger partial charge in [-0.25, -0.2) is 0 Å². The Morgan fingerprint density at radius 2 is 1.70 bits per heavy atom. The van der Waals surface area contributed by atoms with Crippen LogP contribution in [-0.4, -0.2) is 25.1 Å². The van der Waals surface area contributed by atoms with E-state index < -0.39 is 0 Å². The Bertz CT molecular complexity index is 525. The molecule has 3 nitrogen and oxygen atoms in total. The average Bonchev–Trinajstić information content (AvgIpc) is 2.44. The zero-order valence-electron chi connectivity index (χ0n) is 11.6. The maximum absolute atomic E-state index is 5.68. The lowest BCUT2D eigenvalue weighted by atomic mass is 10.2. The Morgan fingerprint density at radius 3 is 2.35 bits per heavy atom. The van der Waals surface area contributed by atoms with Crippen LogP contribution in [0.15, 0.2) is 53.0 Å². The summed E-state index contributed by atoms with van der Waals surface area (Å²) in [4.78, 5) is 2.24. The van der Waals surface area contributed by atoms with Gasteiger partial charge in [-0.3, -0.25) is 4.90 Å². The van der Waals surface area contributed by atoms with E-state index in [2.05, 4.69) is 52.1 Å². The van der Waals surface area contributed by atoms with Crippen LogP contribution in [0.4, 0.5) is 5.69 Å². The molecule has 0 unspecified atom stereocenters. The molecular formula is C16H19BrN2O. The molecule has 2 aromatic carbocycles. The van der Waals surface area contributed by atoms with Gasteiger partial charge in [-0.1, -0.05) is 28.1 Å². The SMILES string of the molecule is CN(CCOc1ccc(N)cc1)Cc1ccc(Br)cc1. The summed E-state index contributed by atoms with van der Waals surface area (Å²) in [6.07, 6.45) is 0. The van der Waals surface area contributed by atoms with Crippen molar-refractivity contribution < 1.29 is 4.74 Å². The first-order valence-corrected chi connectivity index (χ1v) is 7.34. The van der Waals surface area contributed by atoms with E-state index in [-0.39, 0.29) is 0 Å². The summed E-state index contributed by atoms with van der Waals surface area (Å²) in [5, 5.41) is 0. The molecule has 2 aromatic rings. The lowest BCUT2D eigenvalue weighted by molar-refractivity contribution is 0.233. The molecule has 0 amide bonds. The number of hydrogen-bond donors (Lipinski definition) is 1. The van der Waals surface area contributed by atoms with E-state index in [4.69, 9.17) is 10.5 Å². The lowest BCUT2D eigenvalue weighted by Crippen LogP contribution is -2.23. The van der Waals surface area contributed by atoms with Crippen LogP contribution in [0.25, 0.3) is 0 Å². The van der Waals surface area contributed by atoms with Gasteiger partial charge in [-0.2, -0.15) is 0 Å².